The first-order valence-corrected chi connectivity index (χ1v) is 16.9. The molecule has 9 nitrogen and oxygen atoms in total. The molecule has 6 rings (SSSR count). The third-order valence-corrected chi connectivity index (χ3v) is 9.45. The molecule has 49 heavy (non-hydrogen) atoms. The number of carbonyl (C=O) groups excluding carboxylic acids is 1. The Morgan fingerprint density at radius 1 is 1.04 bits per heavy atom. The van der Waals surface area contributed by atoms with Crippen LogP contribution in [0, 0.1) is 9.39 Å². The predicted octanol–water partition coefficient (Wildman–Crippen LogP) is 5.97. The number of hydrogen-bond donors (Lipinski definition) is 1. The van der Waals surface area contributed by atoms with Crippen molar-refractivity contribution in [1.82, 2.24) is 4.57 Å². The molecular weight excluding hydrogens is 762 g/mol. The van der Waals surface area contributed by atoms with Crippen molar-refractivity contribution in [3.63, 3.8) is 0 Å². The Labute approximate surface area is 297 Å². The Morgan fingerprint density at radius 2 is 1.80 bits per heavy atom. The van der Waals surface area contributed by atoms with Crippen LogP contribution in [0.25, 0.3) is 11.8 Å². The largest absolute Gasteiger partial charge is 0.493 e. The molecule has 1 aliphatic heterocycles. The minimum atomic E-state index is -1.03. The van der Waals surface area contributed by atoms with Crippen molar-refractivity contribution in [3.05, 3.63) is 153 Å². The van der Waals surface area contributed by atoms with Crippen LogP contribution in [0.4, 0.5) is 4.39 Å². The number of nitrogens with zero attached hydrogens (tertiary/aromatic N) is 2. The molecule has 0 fully saturated rings. The first-order valence-electron chi connectivity index (χ1n) is 15.0. The van der Waals surface area contributed by atoms with Gasteiger partial charge in [0.15, 0.2) is 16.3 Å². The van der Waals surface area contributed by atoms with E-state index < -0.39 is 23.8 Å². The number of benzene rings is 4. The number of fused-ring (bicyclic) bond motifs is 1. The van der Waals surface area contributed by atoms with Crippen molar-refractivity contribution in [2.24, 2.45) is 4.99 Å². The summed E-state index contributed by atoms with van der Waals surface area (Å²) >= 11 is 3.28. The van der Waals surface area contributed by atoms with E-state index in [-0.39, 0.29) is 29.9 Å². The molecular formula is C37H28FIN2O7S. The SMILES string of the molecule is CCOC(=O)C1=C(c2ccccc2)N=c2s/c(=C\c3cc(I)c(OCc4cccc(C(=O)O)c4)c(OC)c3)c(=O)n2[C@H]1c1ccc(F)cc1. The van der Waals surface area contributed by atoms with Gasteiger partial charge in [-0.1, -0.05) is 65.9 Å². The summed E-state index contributed by atoms with van der Waals surface area (Å²) < 4.78 is 33.7. The number of methoxy groups -OCH3 is 1. The van der Waals surface area contributed by atoms with Gasteiger partial charge < -0.3 is 19.3 Å². The number of halogens is 2. The van der Waals surface area contributed by atoms with E-state index in [1.54, 1.807) is 49.4 Å². The van der Waals surface area contributed by atoms with Crippen LogP contribution in [0.1, 0.15) is 45.6 Å². The molecule has 0 amide bonds. The van der Waals surface area contributed by atoms with Gasteiger partial charge in [0.1, 0.15) is 12.4 Å². The van der Waals surface area contributed by atoms with Gasteiger partial charge in [0, 0.05) is 5.56 Å². The number of carboxylic acid groups (broad SMARTS) is 1. The maximum Gasteiger partial charge on any atom is 0.338 e. The number of aromatic nitrogens is 1. The molecule has 1 atom stereocenters. The minimum Gasteiger partial charge on any atom is -0.493 e. The summed E-state index contributed by atoms with van der Waals surface area (Å²) in [4.78, 5) is 44.4. The van der Waals surface area contributed by atoms with Gasteiger partial charge in [0.25, 0.3) is 5.56 Å². The second kappa shape index (κ2) is 14.6. The molecule has 0 saturated heterocycles. The van der Waals surface area contributed by atoms with E-state index in [1.807, 2.05) is 36.4 Å². The van der Waals surface area contributed by atoms with Crippen molar-refractivity contribution in [2.75, 3.05) is 13.7 Å². The second-order valence-electron chi connectivity index (χ2n) is 10.8. The topological polar surface area (TPSA) is 116 Å². The number of carbonyl (C=O) groups is 2. The first-order chi connectivity index (χ1) is 23.7. The predicted molar refractivity (Wildman–Crippen MR) is 191 cm³/mol. The molecule has 12 heteroatoms. The molecule has 5 aromatic rings. The first kappa shape index (κ1) is 33.8. The molecule has 0 radical (unpaired) electrons. The van der Waals surface area contributed by atoms with Crippen LogP contribution in [0.15, 0.2) is 106 Å². The van der Waals surface area contributed by atoms with Crippen molar-refractivity contribution in [3.8, 4) is 11.5 Å². The Morgan fingerprint density at radius 3 is 2.49 bits per heavy atom. The molecule has 4 aromatic carbocycles. The molecule has 0 unspecified atom stereocenters. The summed E-state index contributed by atoms with van der Waals surface area (Å²) in [5, 5.41) is 9.32. The standard InChI is InChI=1S/C37H28FIN2O7S/c1-3-47-36(45)30-31(23-9-5-4-6-10-23)40-37-41(32(30)24-12-14-26(38)15-13-24)34(42)29(49-37)19-22-17-27(39)33(28(18-22)46-2)48-20-21-8-7-11-25(16-21)35(43)44/h4-19,32H,3,20H2,1-2H3,(H,43,44)/b29-19-/t32-/m0/s1. The van der Waals surface area contributed by atoms with Gasteiger partial charge in [-0.3, -0.25) is 9.36 Å². The second-order valence-corrected chi connectivity index (χ2v) is 13.0. The smallest absolute Gasteiger partial charge is 0.338 e. The number of carboxylic acids is 1. The van der Waals surface area contributed by atoms with Gasteiger partial charge in [0.2, 0.25) is 0 Å². The van der Waals surface area contributed by atoms with Crippen molar-refractivity contribution in [1.29, 1.82) is 0 Å². The maximum absolute atomic E-state index is 14.2. The van der Waals surface area contributed by atoms with Gasteiger partial charge in [-0.2, -0.15) is 0 Å². The van der Waals surface area contributed by atoms with E-state index in [0.717, 1.165) is 11.3 Å². The third-order valence-electron chi connectivity index (χ3n) is 7.67. The van der Waals surface area contributed by atoms with E-state index in [4.69, 9.17) is 19.2 Å². The van der Waals surface area contributed by atoms with Gasteiger partial charge in [0.05, 0.1) is 44.7 Å². The molecule has 0 spiro atoms. The lowest BCUT2D eigenvalue weighted by molar-refractivity contribution is -0.138. The highest BCUT2D eigenvalue weighted by atomic mass is 127. The van der Waals surface area contributed by atoms with Gasteiger partial charge in [-0.25, -0.2) is 19.0 Å². The number of hydrogen-bond acceptors (Lipinski definition) is 8. The average molecular weight is 791 g/mol. The van der Waals surface area contributed by atoms with Gasteiger partial charge in [-0.05, 0) is 88.7 Å². The van der Waals surface area contributed by atoms with Crippen LogP contribution in [0.2, 0.25) is 0 Å². The molecule has 0 bridgehead atoms. The molecule has 1 aromatic heterocycles. The summed E-state index contributed by atoms with van der Waals surface area (Å²) in [7, 11) is 1.51. The zero-order valence-electron chi connectivity index (χ0n) is 26.2. The van der Waals surface area contributed by atoms with E-state index >= 15 is 0 Å². The number of ether oxygens (including phenoxy) is 3. The van der Waals surface area contributed by atoms with Crippen LogP contribution >= 0.6 is 33.9 Å². The highest BCUT2D eigenvalue weighted by Gasteiger charge is 2.35. The fourth-order valence-corrected chi connectivity index (χ4v) is 7.25. The molecule has 0 saturated carbocycles. The Bertz CT molecular complexity index is 2280. The van der Waals surface area contributed by atoms with Crippen molar-refractivity contribution < 1.29 is 33.3 Å². The zero-order valence-corrected chi connectivity index (χ0v) is 29.2. The third kappa shape index (κ3) is 7.06. The van der Waals surface area contributed by atoms with Gasteiger partial charge in [-0.15, -0.1) is 0 Å². The summed E-state index contributed by atoms with van der Waals surface area (Å²) in [6.45, 7) is 1.92. The summed E-state index contributed by atoms with van der Waals surface area (Å²) in [6.07, 6.45) is 1.71. The number of esters is 1. The van der Waals surface area contributed by atoms with Crippen LogP contribution in [0.3, 0.4) is 0 Å². The number of rotatable bonds is 10. The van der Waals surface area contributed by atoms with Crippen molar-refractivity contribution >= 4 is 57.6 Å². The lowest BCUT2D eigenvalue weighted by Gasteiger charge is -2.25. The Kier molecular flexibility index (Phi) is 10.1. The van der Waals surface area contributed by atoms with Crippen LogP contribution in [0.5, 0.6) is 11.5 Å². The van der Waals surface area contributed by atoms with E-state index in [1.165, 1.54) is 29.9 Å². The lowest BCUT2D eigenvalue weighted by Crippen LogP contribution is -2.40. The summed E-state index contributed by atoms with van der Waals surface area (Å²) in [5.74, 6) is -1.23. The molecule has 248 valence electrons. The summed E-state index contributed by atoms with van der Waals surface area (Å²) in [6, 6.07) is 24.0. The highest BCUT2D eigenvalue weighted by Crippen LogP contribution is 2.36. The zero-order chi connectivity index (χ0) is 34.7. The average Bonchev–Trinajstić information content (AvgIpc) is 3.41. The lowest BCUT2D eigenvalue weighted by atomic mass is 9.93. The molecule has 0 aliphatic carbocycles. The van der Waals surface area contributed by atoms with Crippen molar-refractivity contribution in [2.45, 2.75) is 19.6 Å². The Hall–Kier alpha value is -5.08. The fourth-order valence-electron chi connectivity index (χ4n) is 5.47. The number of aromatic carboxylic acids is 1. The summed E-state index contributed by atoms with van der Waals surface area (Å²) in [5.41, 5.74) is 2.82. The molecule has 2 heterocycles. The number of thiazole rings is 1. The van der Waals surface area contributed by atoms with Crippen LogP contribution in [-0.4, -0.2) is 35.3 Å². The van der Waals surface area contributed by atoms with E-state index in [0.29, 0.717) is 52.4 Å². The minimum absolute atomic E-state index is 0.111. The van der Waals surface area contributed by atoms with E-state index in [9.17, 15) is 23.9 Å². The van der Waals surface area contributed by atoms with Crippen LogP contribution < -0.4 is 24.4 Å². The highest BCUT2D eigenvalue weighted by molar-refractivity contribution is 14.1. The molecule has 1 N–H and O–H groups in total. The van der Waals surface area contributed by atoms with Gasteiger partial charge >= 0.3 is 11.9 Å². The quantitative estimate of drug-likeness (QED) is 0.137. The van der Waals surface area contributed by atoms with Crippen LogP contribution in [-0.2, 0) is 16.1 Å². The normalized spacial score (nSPS) is 14.2. The van der Waals surface area contributed by atoms with E-state index in [2.05, 4.69) is 22.6 Å². The monoisotopic (exact) mass is 790 g/mol. The molecule has 1 aliphatic rings. The maximum atomic E-state index is 14.2. The fraction of sp³-hybridized carbons (Fsp3) is 0.135. The Balaban J connectivity index is 1.46.